The minimum atomic E-state index is -7.00. The van der Waals surface area contributed by atoms with Gasteiger partial charge in [0, 0.05) is 0 Å². The summed E-state index contributed by atoms with van der Waals surface area (Å²) in [5, 5.41) is 0. The highest BCUT2D eigenvalue weighted by molar-refractivity contribution is 6.05. The quantitative estimate of drug-likeness (QED) is 0.571. The van der Waals surface area contributed by atoms with E-state index in [1.807, 2.05) is 0 Å². The summed E-state index contributed by atoms with van der Waals surface area (Å²) < 4.78 is 118. The zero-order valence-corrected chi connectivity index (χ0v) is 13.7. The number of hydrogen-bond acceptors (Lipinski definition) is 1. The van der Waals surface area contributed by atoms with E-state index < -0.39 is 42.1 Å². The number of rotatable bonds is 4. The highest BCUT2D eigenvalue weighted by Crippen LogP contribution is 2.57. The van der Waals surface area contributed by atoms with E-state index in [1.54, 1.807) is 18.2 Å². The van der Waals surface area contributed by atoms with Gasteiger partial charge in [0.1, 0.15) is 0 Å². The van der Waals surface area contributed by atoms with Crippen molar-refractivity contribution in [1.29, 1.82) is 0 Å². The largest absolute Gasteiger partial charge is 0.460 e. The number of carbonyl (C=O) groups excluding carboxylic acids is 1. The molecule has 0 radical (unpaired) electrons. The van der Waals surface area contributed by atoms with Gasteiger partial charge in [-0.15, -0.1) is 0 Å². The van der Waals surface area contributed by atoms with Crippen LogP contribution in [0.25, 0.3) is 5.57 Å². The molecular formula is C17H13F9O. The Balaban J connectivity index is 2.44. The first-order valence-corrected chi connectivity index (χ1v) is 7.65. The van der Waals surface area contributed by atoms with Crippen LogP contribution in [0, 0.1) is 5.92 Å². The van der Waals surface area contributed by atoms with Gasteiger partial charge in [-0.2, -0.15) is 39.5 Å². The van der Waals surface area contributed by atoms with Crippen LogP contribution >= 0.6 is 0 Å². The number of Topliss-reactive ketones (excluding diaryl/α,β-unsaturated/α-hetero) is 1. The van der Waals surface area contributed by atoms with Crippen molar-refractivity contribution in [3.63, 3.8) is 0 Å². The predicted octanol–water partition coefficient (Wildman–Crippen LogP) is 5.91. The van der Waals surface area contributed by atoms with Gasteiger partial charge in [-0.1, -0.05) is 30.3 Å². The number of alkyl halides is 9. The van der Waals surface area contributed by atoms with Gasteiger partial charge in [0.05, 0.1) is 5.92 Å². The fraction of sp³-hybridized carbons (Fsp3) is 0.471. The third-order valence-electron chi connectivity index (χ3n) is 4.55. The number of carbonyl (C=O) groups is 1. The molecule has 1 atom stereocenters. The van der Waals surface area contributed by atoms with E-state index in [9.17, 15) is 44.3 Å². The fourth-order valence-corrected chi connectivity index (χ4v) is 2.97. The number of hydrogen-bond donors (Lipinski definition) is 0. The molecule has 0 saturated heterocycles. The lowest BCUT2D eigenvalue weighted by Gasteiger charge is -2.38. The van der Waals surface area contributed by atoms with Crippen LogP contribution in [0.15, 0.2) is 35.9 Å². The summed E-state index contributed by atoms with van der Waals surface area (Å²) in [6.45, 7) is 1.05. The van der Waals surface area contributed by atoms with Crippen LogP contribution in [0.3, 0.4) is 0 Å². The van der Waals surface area contributed by atoms with Crippen LogP contribution in [0.2, 0.25) is 0 Å². The Hall–Kier alpha value is -2.00. The van der Waals surface area contributed by atoms with Crippen LogP contribution < -0.4 is 0 Å². The van der Waals surface area contributed by atoms with E-state index in [2.05, 4.69) is 0 Å². The van der Waals surface area contributed by atoms with Crippen molar-refractivity contribution in [2.24, 2.45) is 5.92 Å². The van der Waals surface area contributed by atoms with Crippen molar-refractivity contribution in [3.05, 3.63) is 41.5 Å². The van der Waals surface area contributed by atoms with Crippen LogP contribution in [0.5, 0.6) is 0 Å². The van der Waals surface area contributed by atoms with Crippen molar-refractivity contribution in [1.82, 2.24) is 0 Å². The van der Waals surface area contributed by atoms with Gasteiger partial charge in [0.2, 0.25) is 0 Å². The molecule has 0 saturated carbocycles. The standard InChI is InChI=1S/C17H13F9O/c1-9-11(10-5-3-2-4-6-10)7-8-12(13(9)27)14(18,19)15(20,21)16(22,23)17(24,25)26/h2-6,12H,7-8H2,1H3. The maximum absolute atomic E-state index is 14.1. The summed E-state index contributed by atoms with van der Waals surface area (Å²) in [6.07, 6.45) is -8.25. The van der Waals surface area contributed by atoms with Crippen molar-refractivity contribution in [2.75, 3.05) is 0 Å². The third-order valence-corrected chi connectivity index (χ3v) is 4.55. The molecule has 2 rings (SSSR count). The maximum Gasteiger partial charge on any atom is 0.460 e. The van der Waals surface area contributed by atoms with Crippen LogP contribution in [-0.2, 0) is 4.79 Å². The molecule has 27 heavy (non-hydrogen) atoms. The molecular weight excluding hydrogens is 391 g/mol. The molecule has 10 heteroatoms. The lowest BCUT2D eigenvalue weighted by molar-refractivity contribution is -0.401. The van der Waals surface area contributed by atoms with Gasteiger partial charge in [-0.25, -0.2) is 0 Å². The normalized spacial score (nSPS) is 20.2. The van der Waals surface area contributed by atoms with Gasteiger partial charge < -0.3 is 0 Å². The molecule has 1 aromatic rings. The molecule has 0 aliphatic heterocycles. The first-order chi connectivity index (χ1) is 12.2. The van der Waals surface area contributed by atoms with Gasteiger partial charge in [0.15, 0.2) is 5.78 Å². The molecule has 0 bridgehead atoms. The predicted molar refractivity (Wildman–Crippen MR) is 77.7 cm³/mol. The summed E-state index contributed by atoms with van der Waals surface area (Å²) >= 11 is 0. The molecule has 1 unspecified atom stereocenters. The molecule has 0 heterocycles. The molecule has 0 spiro atoms. The van der Waals surface area contributed by atoms with E-state index in [1.165, 1.54) is 12.1 Å². The van der Waals surface area contributed by atoms with Crippen molar-refractivity contribution >= 4 is 11.4 Å². The number of benzene rings is 1. The molecule has 1 aromatic carbocycles. The second kappa shape index (κ2) is 6.56. The van der Waals surface area contributed by atoms with E-state index in [0.29, 0.717) is 5.56 Å². The van der Waals surface area contributed by atoms with E-state index in [-0.39, 0.29) is 17.6 Å². The molecule has 0 N–H and O–H groups in total. The molecule has 0 fully saturated rings. The van der Waals surface area contributed by atoms with Gasteiger partial charge in [-0.3, -0.25) is 4.79 Å². The molecule has 1 nitrogen and oxygen atoms in total. The van der Waals surface area contributed by atoms with E-state index in [4.69, 9.17) is 0 Å². The van der Waals surface area contributed by atoms with Crippen molar-refractivity contribution in [3.8, 4) is 0 Å². The Morgan fingerprint density at radius 3 is 1.85 bits per heavy atom. The Labute approximate surface area is 147 Å². The Morgan fingerprint density at radius 2 is 1.37 bits per heavy atom. The molecule has 1 aliphatic rings. The molecule has 0 aromatic heterocycles. The Kier molecular flexibility index (Phi) is 5.17. The van der Waals surface area contributed by atoms with Crippen LogP contribution in [-0.4, -0.2) is 29.7 Å². The molecule has 1 aliphatic carbocycles. The topological polar surface area (TPSA) is 17.1 Å². The second-order valence-electron chi connectivity index (χ2n) is 6.19. The zero-order valence-electron chi connectivity index (χ0n) is 13.7. The number of ketones is 1. The highest BCUT2D eigenvalue weighted by Gasteiger charge is 2.83. The molecule has 150 valence electrons. The van der Waals surface area contributed by atoms with Crippen LogP contribution in [0.1, 0.15) is 25.3 Å². The zero-order chi connectivity index (χ0) is 20.8. The summed E-state index contributed by atoms with van der Waals surface area (Å²) in [7, 11) is 0. The minimum absolute atomic E-state index is 0.249. The lowest BCUT2D eigenvalue weighted by Crippen LogP contribution is -2.64. The summed E-state index contributed by atoms with van der Waals surface area (Å²) in [5.74, 6) is -24.3. The average molecular weight is 404 g/mol. The lowest BCUT2D eigenvalue weighted by atomic mass is 9.75. The number of halogens is 9. The van der Waals surface area contributed by atoms with Gasteiger partial charge >= 0.3 is 23.9 Å². The fourth-order valence-electron chi connectivity index (χ4n) is 2.97. The first kappa shape index (κ1) is 21.3. The SMILES string of the molecule is CC1=C(c2ccccc2)CCC(C(F)(F)C(F)(F)C(F)(F)C(F)(F)F)C1=O. The van der Waals surface area contributed by atoms with Crippen LogP contribution in [0.4, 0.5) is 39.5 Å². The third kappa shape index (κ3) is 3.23. The summed E-state index contributed by atoms with van der Waals surface area (Å²) in [6, 6.07) is 7.81. The van der Waals surface area contributed by atoms with Crippen molar-refractivity contribution in [2.45, 2.75) is 43.7 Å². The first-order valence-electron chi connectivity index (χ1n) is 7.65. The van der Waals surface area contributed by atoms with Crippen molar-refractivity contribution < 1.29 is 44.3 Å². The summed E-state index contributed by atoms with van der Waals surface area (Å²) in [5.41, 5.74) is 0.319. The van der Waals surface area contributed by atoms with E-state index in [0.717, 1.165) is 6.92 Å². The Morgan fingerprint density at radius 1 is 0.852 bits per heavy atom. The van der Waals surface area contributed by atoms with Gasteiger partial charge in [0.25, 0.3) is 0 Å². The maximum atomic E-state index is 14.1. The summed E-state index contributed by atoms with van der Waals surface area (Å²) in [4.78, 5) is 12.2. The molecule has 0 amide bonds. The Bertz CT molecular complexity index is 747. The van der Waals surface area contributed by atoms with E-state index >= 15 is 0 Å². The number of allylic oxidation sites excluding steroid dienone is 2. The van der Waals surface area contributed by atoms with Gasteiger partial charge in [-0.05, 0) is 36.5 Å². The smallest absolute Gasteiger partial charge is 0.294 e. The monoisotopic (exact) mass is 404 g/mol. The second-order valence-corrected chi connectivity index (χ2v) is 6.19. The average Bonchev–Trinajstić information content (AvgIpc) is 2.56. The minimum Gasteiger partial charge on any atom is -0.294 e. The highest BCUT2D eigenvalue weighted by atomic mass is 19.4.